The van der Waals surface area contributed by atoms with Gasteiger partial charge in [0.2, 0.25) is 6.29 Å². The SMILES string of the molecule is CC(C)C(CCCCCCCCCO[C@@H]1OC(=O)C[C@@H]1OCCCCCCCCCC(C(C)C)(C(C)C)C(C)C)(C(C)C)C(C)C. The van der Waals surface area contributed by atoms with E-state index in [-0.39, 0.29) is 12.1 Å². The van der Waals surface area contributed by atoms with E-state index in [1.165, 1.54) is 89.9 Å². The lowest BCUT2D eigenvalue weighted by Crippen LogP contribution is -2.38. The van der Waals surface area contributed by atoms with E-state index in [0.29, 0.717) is 30.5 Å². The number of carbonyl (C=O) groups excluding carboxylic acids is 1. The lowest BCUT2D eigenvalue weighted by atomic mass is 9.60. The molecule has 274 valence electrons. The van der Waals surface area contributed by atoms with Crippen molar-refractivity contribution >= 4 is 5.97 Å². The smallest absolute Gasteiger partial charge is 0.311 e. The summed E-state index contributed by atoms with van der Waals surface area (Å²) in [6.45, 7) is 30.4. The van der Waals surface area contributed by atoms with E-state index in [4.69, 9.17) is 14.2 Å². The van der Waals surface area contributed by atoms with E-state index in [2.05, 4.69) is 83.1 Å². The van der Waals surface area contributed by atoms with Crippen LogP contribution in [-0.2, 0) is 19.0 Å². The van der Waals surface area contributed by atoms with Crippen molar-refractivity contribution in [3.63, 3.8) is 0 Å². The Morgan fingerprint density at radius 3 is 1.15 bits per heavy atom. The largest absolute Gasteiger partial charge is 0.433 e. The maximum atomic E-state index is 11.9. The van der Waals surface area contributed by atoms with Gasteiger partial charge in [-0.15, -0.1) is 0 Å². The Morgan fingerprint density at radius 2 is 0.804 bits per heavy atom. The van der Waals surface area contributed by atoms with Gasteiger partial charge in [0.25, 0.3) is 0 Å². The van der Waals surface area contributed by atoms with E-state index >= 15 is 0 Å². The van der Waals surface area contributed by atoms with Crippen LogP contribution in [0.2, 0.25) is 0 Å². The molecule has 0 aromatic carbocycles. The Hall–Kier alpha value is -0.610. The van der Waals surface area contributed by atoms with Crippen LogP contribution in [0.15, 0.2) is 0 Å². The first-order chi connectivity index (χ1) is 21.7. The van der Waals surface area contributed by atoms with Crippen LogP contribution < -0.4 is 0 Å². The summed E-state index contributed by atoms with van der Waals surface area (Å²) >= 11 is 0. The normalized spacial score (nSPS) is 18.0. The van der Waals surface area contributed by atoms with E-state index < -0.39 is 6.29 Å². The van der Waals surface area contributed by atoms with Crippen LogP contribution in [0.5, 0.6) is 0 Å². The van der Waals surface area contributed by atoms with Gasteiger partial charge in [0.15, 0.2) is 0 Å². The minimum atomic E-state index is -0.523. The number of unbranched alkanes of at least 4 members (excludes halogenated alkanes) is 12. The number of carbonyl (C=O) groups is 1. The second kappa shape index (κ2) is 22.9. The molecule has 4 heteroatoms. The molecule has 0 bridgehead atoms. The van der Waals surface area contributed by atoms with Crippen LogP contribution in [0.1, 0.15) is 192 Å². The summed E-state index contributed by atoms with van der Waals surface area (Å²) in [5.74, 6) is 4.21. The predicted octanol–water partition coefficient (Wildman–Crippen LogP) is 12.8. The molecule has 1 fully saturated rings. The number of hydrogen-bond donors (Lipinski definition) is 0. The van der Waals surface area contributed by atoms with Crippen molar-refractivity contribution in [3.05, 3.63) is 0 Å². The summed E-state index contributed by atoms with van der Waals surface area (Å²) in [6.07, 6.45) is 19.9. The zero-order valence-electron chi connectivity index (χ0n) is 33.2. The fourth-order valence-electron chi connectivity index (χ4n) is 9.79. The number of hydrogen-bond acceptors (Lipinski definition) is 4. The fraction of sp³-hybridized carbons (Fsp3) is 0.976. The topological polar surface area (TPSA) is 44.8 Å². The van der Waals surface area contributed by atoms with Crippen molar-refractivity contribution in [1.82, 2.24) is 0 Å². The van der Waals surface area contributed by atoms with Crippen molar-refractivity contribution in [2.24, 2.45) is 46.3 Å². The molecular weight excluding hydrogens is 568 g/mol. The number of ether oxygens (including phenoxy) is 3. The van der Waals surface area contributed by atoms with Crippen LogP contribution in [0, 0.1) is 46.3 Å². The zero-order chi connectivity index (χ0) is 34.8. The molecule has 0 unspecified atom stereocenters. The predicted molar refractivity (Wildman–Crippen MR) is 198 cm³/mol. The third-order valence-electron chi connectivity index (χ3n) is 12.5. The minimum absolute atomic E-state index is 0.192. The molecule has 0 radical (unpaired) electrons. The van der Waals surface area contributed by atoms with Crippen LogP contribution in [0.3, 0.4) is 0 Å². The van der Waals surface area contributed by atoms with Gasteiger partial charge in [0.05, 0.1) is 13.0 Å². The second-order valence-corrected chi connectivity index (χ2v) is 16.9. The molecule has 0 aromatic rings. The van der Waals surface area contributed by atoms with Gasteiger partial charge < -0.3 is 14.2 Å². The standard InChI is InChI=1S/C42H82O4/c1-32(2)41(33(3)4,34(5)6)27-23-19-15-13-17-21-25-29-44-38-31-39(43)46-40(38)45-30-26-22-18-14-16-20-24-28-42(35(7)8,36(9)10)37(11)12/h32-38,40H,13-31H2,1-12H3/t38-,40+/m0/s1. The highest BCUT2D eigenvalue weighted by Crippen LogP contribution is 2.48. The molecule has 46 heavy (non-hydrogen) atoms. The van der Waals surface area contributed by atoms with Crippen molar-refractivity contribution in [2.45, 2.75) is 205 Å². The highest BCUT2D eigenvalue weighted by atomic mass is 16.7. The molecule has 1 saturated heterocycles. The summed E-state index contributed by atoms with van der Waals surface area (Å²) in [7, 11) is 0. The van der Waals surface area contributed by atoms with E-state index in [1.54, 1.807) is 0 Å². The molecule has 1 aliphatic rings. The summed E-state index contributed by atoms with van der Waals surface area (Å²) in [5, 5.41) is 0. The molecule has 4 nitrogen and oxygen atoms in total. The summed E-state index contributed by atoms with van der Waals surface area (Å²) in [4.78, 5) is 11.9. The monoisotopic (exact) mass is 651 g/mol. The molecular formula is C42H82O4. The highest BCUT2D eigenvalue weighted by molar-refractivity contribution is 5.72. The fourth-order valence-corrected chi connectivity index (χ4v) is 9.79. The van der Waals surface area contributed by atoms with Gasteiger partial charge in [-0.25, -0.2) is 0 Å². The number of rotatable bonds is 28. The summed E-state index contributed by atoms with van der Waals surface area (Å²) in [6, 6.07) is 0. The van der Waals surface area contributed by atoms with E-state index in [1.807, 2.05) is 0 Å². The van der Waals surface area contributed by atoms with Gasteiger partial charge in [0.1, 0.15) is 6.10 Å². The van der Waals surface area contributed by atoms with Gasteiger partial charge in [-0.2, -0.15) is 0 Å². The maximum absolute atomic E-state index is 11.9. The van der Waals surface area contributed by atoms with Gasteiger partial charge in [0, 0.05) is 6.61 Å². The molecule has 2 atom stereocenters. The van der Waals surface area contributed by atoms with Crippen molar-refractivity contribution < 1.29 is 19.0 Å². The first-order valence-corrected chi connectivity index (χ1v) is 20.2. The lowest BCUT2D eigenvalue weighted by Gasteiger charge is -2.45. The number of cyclic esters (lactones) is 1. The molecule has 0 aliphatic carbocycles. The van der Waals surface area contributed by atoms with Crippen molar-refractivity contribution in [3.8, 4) is 0 Å². The molecule has 0 saturated carbocycles. The Kier molecular flexibility index (Phi) is 21.6. The molecule has 0 spiro atoms. The lowest BCUT2D eigenvalue weighted by molar-refractivity contribution is -0.179. The molecule has 0 aromatic heterocycles. The molecule has 1 heterocycles. The average molecular weight is 651 g/mol. The van der Waals surface area contributed by atoms with Gasteiger partial charge in [-0.1, -0.05) is 160 Å². The minimum Gasteiger partial charge on any atom is -0.433 e. The molecule has 0 amide bonds. The second-order valence-electron chi connectivity index (χ2n) is 16.9. The summed E-state index contributed by atoms with van der Waals surface area (Å²) < 4.78 is 17.5. The Morgan fingerprint density at radius 1 is 0.500 bits per heavy atom. The van der Waals surface area contributed by atoms with Gasteiger partial charge in [-0.05, 0) is 72.0 Å². The van der Waals surface area contributed by atoms with Crippen LogP contribution in [-0.4, -0.2) is 31.6 Å². The van der Waals surface area contributed by atoms with Gasteiger partial charge >= 0.3 is 5.97 Å². The maximum Gasteiger partial charge on any atom is 0.311 e. The molecule has 1 rings (SSSR count). The van der Waals surface area contributed by atoms with E-state index in [9.17, 15) is 4.79 Å². The molecule has 0 N–H and O–H groups in total. The van der Waals surface area contributed by atoms with Crippen LogP contribution >= 0.6 is 0 Å². The average Bonchev–Trinajstić information content (AvgIpc) is 3.32. The van der Waals surface area contributed by atoms with Gasteiger partial charge in [-0.3, -0.25) is 4.79 Å². The first kappa shape index (κ1) is 43.4. The van der Waals surface area contributed by atoms with Crippen LogP contribution in [0.4, 0.5) is 0 Å². The van der Waals surface area contributed by atoms with Crippen LogP contribution in [0.25, 0.3) is 0 Å². The van der Waals surface area contributed by atoms with Crippen molar-refractivity contribution in [2.75, 3.05) is 13.2 Å². The first-order valence-electron chi connectivity index (χ1n) is 20.2. The molecule has 1 aliphatic heterocycles. The zero-order valence-corrected chi connectivity index (χ0v) is 33.2. The third-order valence-corrected chi connectivity index (χ3v) is 12.5. The Labute approximate surface area is 288 Å². The Bertz CT molecular complexity index is 662. The quantitative estimate of drug-likeness (QED) is 0.0624. The van der Waals surface area contributed by atoms with E-state index in [0.717, 1.165) is 48.3 Å². The number of esters is 1. The third kappa shape index (κ3) is 13.7. The summed E-state index contributed by atoms with van der Waals surface area (Å²) in [5.41, 5.74) is 0.928. The Balaban J connectivity index is 2.13. The van der Waals surface area contributed by atoms with Crippen molar-refractivity contribution in [1.29, 1.82) is 0 Å². The highest BCUT2D eigenvalue weighted by Gasteiger charge is 2.40.